The summed E-state index contributed by atoms with van der Waals surface area (Å²) in [6.45, 7) is 0. The van der Waals surface area contributed by atoms with Crippen molar-refractivity contribution in [3.05, 3.63) is 307 Å². The molecular weight excluding hydrogens is 883 g/mol. The highest BCUT2D eigenvalue weighted by atomic mass is 16.3. The third-order valence-corrected chi connectivity index (χ3v) is 15.2. The summed E-state index contributed by atoms with van der Waals surface area (Å²) in [6.07, 6.45) is 0. The molecule has 0 spiro atoms. The van der Waals surface area contributed by atoms with Gasteiger partial charge < -0.3 is 9.32 Å². The summed E-state index contributed by atoms with van der Waals surface area (Å²) in [5.74, 6) is 0. The lowest BCUT2D eigenvalue weighted by atomic mass is 9.67. The van der Waals surface area contributed by atoms with Crippen LogP contribution in [-0.2, 0) is 5.41 Å². The first-order valence-electron chi connectivity index (χ1n) is 25.1. The van der Waals surface area contributed by atoms with E-state index < -0.39 is 5.41 Å². The minimum Gasteiger partial charge on any atom is -0.456 e. The molecule has 12 aromatic carbocycles. The average molecular weight is 930 g/mol. The molecule has 0 saturated heterocycles. The quantitative estimate of drug-likeness (QED) is 0.143. The number of fused-ring (bicyclic) bond motifs is 7. The van der Waals surface area contributed by atoms with Gasteiger partial charge in [0.1, 0.15) is 11.2 Å². The van der Waals surface area contributed by atoms with Crippen molar-refractivity contribution in [1.29, 1.82) is 0 Å². The predicted molar refractivity (Wildman–Crippen MR) is 305 cm³/mol. The first-order chi connectivity index (χ1) is 36.2. The summed E-state index contributed by atoms with van der Waals surface area (Å²) in [5.41, 5.74) is 21.4. The highest BCUT2D eigenvalue weighted by molar-refractivity contribution is 6.06. The van der Waals surface area contributed by atoms with Gasteiger partial charge in [-0.25, -0.2) is 0 Å². The summed E-state index contributed by atoms with van der Waals surface area (Å²) >= 11 is 0. The van der Waals surface area contributed by atoms with Gasteiger partial charge in [-0.1, -0.05) is 231 Å². The average Bonchev–Trinajstić information content (AvgIpc) is 4.03. The summed E-state index contributed by atoms with van der Waals surface area (Å²) in [6, 6.07) is 104. The summed E-state index contributed by atoms with van der Waals surface area (Å²) < 4.78 is 6.47. The molecule has 73 heavy (non-hydrogen) atoms. The Morgan fingerprint density at radius 3 is 1.62 bits per heavy atom. The van der Waals surface area contributed by atoms with Gasteiger partial charge in [0, 0.05) is 27.7 Å². The van der Waals surface area contributed by atoms with E-state index >= 15 is 0 Å². The van der Waals surface area contributed by atoms with Crippen molar-refractivity contribution in [2.45, 2.75) is 5.41 Å². The van der Waals surface area contributed by atoms with Crippen LogP contribution in [0.3, 0.4) is 0 Å². The fourth-order valence-electron chi connectivity index (χ4n) is 11.8. The Kier molecular flexibility index (Phi) is 10.1. The molecule has 0 bridgehead atoms. The normalized spacial score (nSPS) is 12.5. The molecule has 1 aromatic heterocycles. The largest absolute Gasteiger partial charge is 0.456 e. The van der Waals surface area contributed by atoms with Crippen molar-refractivity contribution in [1.82, 2.24) is 0 Å². The lowest BCUT2D eigenvalue weighted by Gasteiger charge is -2.34. The molecule has 14 rings (SSSR count). The standard InChI is InChI=1S/C71H47NO/c1-3-20-56(21-4-1)71(57-22-5-2-6-23-57)65-29-12-9-27-64(65)70-61(28-16-30-66(70)71)54-19-15-24-59(46-54)72(67-31-13-10-25-60(67)55-41-44-63-62-26-11-14-32-68(62)73-69(63)47-55)58-42-39-50(40-43-58)49-33-35-51(36-34-49)53-38-37-48-17-7-8-18-52(48)45-53/h1-47H. The van der Waals surface area contributed by atoms with Gasteiger partial charge in [-0.15, -0.1) is 0 Å². The third kappa shape index (κ3) is 7.02. The fraction of sp³-hybridized carbons (Fsp3) is 0.0141. The number of rotatable bonds is 9. The Balaban J connectivity index is 0.911. The molecule has 2 nitrogen and oxygen atoms in total. The van der Waals surface area contributed by atoms with E-state index in [1.54, 1.807) is 0 Å². The van der Waals surface area contributed by atoms with Crippen LogP contribution in [0.1, 0.15) is 22.3 Å². The van der Waals surface area contributed by atoms with Crippen LogP contribution >= 0.6 is 0 Å². The van der Waals surface area contributed by atoms with E-state index in [9.17, 15) is 0 Å². The van der Waals surface area contributed by atoms with E-state index in [-0.39, 0.29) is 0 Å². The Hall–Kier alpha value is -9.50. The van der Waals surface area contributed by atoms with Crippen LogP contribution in [0.25, 0.3) is 88.3 Å². The van der Waals surface area contributed by atoms with Gasteiger partial charge in [-0.3, -0.25) is 0 Å². The van der Waals surface area contributed by atoms with Gasteiger partial charge in [0.2, 0.25) is 0 Å². The van der Waals surface area contributed by atoms with Crippen molar-refractivity contribution in [2.24, 2.45) is 0 Å². The zero-order valence-corrected chi connectivity index (χ0v) is 40.0. The van der Waals surface area contributed by atoms with Gasteiger partial charge in [-0.05, 0) is 138 Å². The van der Waals surface area contributed by atoms with Gasteiger partial charge in [0.05, 0.1) is 11.1 Å². The SMILES string of the molecule is c1ccc(C2(c3ccccc3)c3ccccc3-c3c(-c4cccc(N(c5ccc(-c6ccc(-c7ccc8ccccc8c7)cc6)cc5)c5ccccc5-c5ccc6c(c5)oc5ccccc56)c4)cccc32)cc1. The van der Waals surface area contributed by atoms with Crippen LogP contribution in [0.15, 0.2) is 290 Å². The fourth-order valence-corrected chi connectivity index (χ4v) is 11.8. The highest BCUT2D eigenvalue weighted by Gasteiger charge is 2.46. The summed E-state index contributed by atoms with van der Waals surface area (Å²) in [5, 5.41) is 4.74. The number of para-hydroxylation sites is 2. The van der Waals surface area contributed by atoms with E-state index in [4.69, 9.17) is 4.42 Å². The number of benzene rings is 12. The van der Waals surface area contributed by atoms with Crippen molar-refractivity contribution in [2.75, 3.05) is 4.90 Å². The van der Waals surface area contributed by atoms with Crippen molar-refractivity contribution < 1.29 is 4.42 Å². The lowest BCUT2D eigenvalue weighted by Crippen LogP contribution is -2.28. The van der Waals surface area contributed by atoms with Crippen LogP contribution in [0.2, 0.25) is 0 Å². The molecule has 1 aliphatic rings. The minimum absolute atomic E-state index is 0.494. The summed E-state index contributed by atoms with van der Waals surface area (Å²) in [7, 11) is 0. The Morgan fingerprint density at radius 1 is 0.288 bits per heavy atom. The number of hydrogen-bond donors (Lipinski definition) is 0. The van der Waals surface area contributed by atoms with Crippen molar-refractivity contribution in [3.8, 4) is 55.6 Å². The Labute approximate surface area is 425 Å². The van der Waals surface area contributed by atoms with Gasteiger partial charge in [-0.2, -0.15) is 0 Å². The molecule has 0 amide bonds. The maximum atomic E-state index is 6.47. The first-order valence-corrected chi connectivity index (χ1v) is 25.1. The van der Waals surface area contributed by atoms with Gasteiger partial charge >= 0.3 is 0 Å². The van der Waals surface area contributed by atoms with E-state index in [1.165, 1.54) is 66.4 Å². The van der Waals surface area contributed by atoms with Crippen LogP contribution in [0.5, 0.6) is 0 Å². The summed E-state index contributed by atoms with van der Waals surface area (Å²) in [4.78, 5) is 2.42. The second-order valence-corrected chi connectivity index (χ2v) is 19.2. The molecule has 0 atom stereocenters. The first kappa shape index (κ1) is 42.4. The van der Waals surface area contributed by atoms with Crippen molar-refractivity contribution >= 4 is 49.8 Å². The maximum absolute atomic E-state index is 6.47. The molecular formula is C71H47NO. The molecule has 1 heterocycles. The van der Waals surface area contributed by atoms with Gasteiger partial charge in [0.25, 0.3) is 0 Å². The Morgan fingerprint density at radius 2 is 0.836 bits per heavy atom. The smallest absolute Gasteiger partial charge is 0.136 e. The lowest BCUT2D eigenvalue weighted by molar-refractivity contribution is 0.669. The Bertz CT molecular complexity index is 4150. The van der Waals surface area contributed by atoms with E-state index in [0.29, 0.717) is 0 Å². The van der Waals surface area contributed by atoms with E-state index in [0.717, 1.165) is 61.3 Å². The zero-order chi connectivity index (χ0) is 48.3. The zero-order valence-electron chi connectivity index (χ0n) is 40.0. The molecule has 0 radical (unpaired) electrons. The van der Waals surface area contributed by atoms with E-state index in [1.807, 2.05) is 12.1 Å². The molecule has 0 aliphatic heterocycles. The number of furan rings is 1. The van der Waals surface area contributed by atoms with Crippen LogP contribution in [-0.4, -0.2) is 0 Å². The molecule has 0 fully saturated rings. The highest BCUT2D eigenvalue weighted by Crippen LogP contribution is 2.58. The second kappa shape index (κ2) is 17.4. The molecule has 2 heteroatoms. The van der Waals surface area contributed by atoms with Crippen molar-refractivity contribution in [3.63, 3.8) is 0 Å². The van der Waals surface area contributed by atoms with Gasteiger partial charge in [0.15, 0.2) is 0 Å². The molecule has 342 valence electrons. The number of anilines is 3. The second-order valence-electron chi connectivity index (χ2n) is 19.2. The molecule has 13 aromatic rings. The number of hydrogen-bond acceptors (Lipinski definition) is 2. The maximum Gasteiger partial charge on any atom is 0.136 e. The molecule has 0 N–H and O–H groups in total. The van der Waals surface area contributed by atoms with Crippen LogP contribution in [0, 0.1) is 0 Å². The topological polar surface area (TPSA) is 16.4 Å². The van der Waals surface area contributed by atoms with E-state index in [2.05, 4.69) is 278 Å². The minimum atomic E-state index is -0.494. The molecule has 0 unspecified atom stereocenters. The number of nitrogens with zero attached hydrogens (tertiary/aromatic N) is 1. The predicted octanol–water partition coefficient (Wildman–Crippen LogP) is 19.2. The van der Waals surface area contributed by atoms with Crippen LogP contribution in [0.4, 0.5) is 17.1 Å². The molecule has 1 aliphatic carbocycles. The molecule has 0 saturated carbocycles. The third-order valence-electron chi connectivity index (χ3n) is 15.2. The van der Waals surface area contributed by atoms with Crippen LogP contribution < -0.4 is 4.90 Å². The monoisotopic (exact) mass is 929 g/mol.